The predicted molar refractivity (Wildman–Crippen MR) is 135 cm³/mol. The van der Waals surface area contributed by atoms with Crippen LogP contribution in [0.2, 0.25) is 5.02 Å². The smallest absolute Gasteiger partial charge is 0.256 e. The van der Waals surface area contributed by atoms with Gasteiger partial charge in [0.1, 0.15) is 18.9 Å². The number of carbonyl (C=O) groups is 2. The molecule has 1 aliphatic heterocycles. The molecular formula is C27H27ClN2O3S. The first kappa shape index (κ1) is 22.9. The van der Waals surface area contributed by atoms with E-state index in [0.29, 0.717) is 23.7 Å². The van der Waals surface area contributed by atoms with Gasteiger partial charge in [-0.1, -0.05) is 41.9 Å². The number of rotatable bonds is 7. The Morgan fingerprint density at radius 1 is 1.12 bits per heavy atom. The highest BCUT2D eigenvalue weighted by Crippen LogP contribution is 2.35. The number of halogens is 1. The van der Waals surface area contributed by atoms with Crippen molar-refractivity contribution in [3.63, 3.8) is 0 Å². The van der Waals surface area contributed by atoms with E-state index in [4.69, 9.17) is 16.3 Å². The van der Waals surface area contributed by atoms with Crippen molar-refractivity contribution in [1.82, 2.24) is 9.80 Å². The molecule has 1 atom stereocenters. The van der Waals surface area contributed by atoms with E-state index in [9.17, 15) is 9.59 Å². The van der Waals surface area contributed by atoms with Crippen molar-refractivity contribution in [2.75, 3.05) is 19.7 Å². The van der Waals surface area contributed by atoms with Gasteiger partial charge in [0.15, 0.2) is 0 Å². The molecule has 0 saturated heterocycles. The molecule has 1 saturated carbocycles. The summed E-state index contributed by atoms with van der Waals surface area (Å²) < 4.78 is 6.19. The summed E-state index contributed by atoms with van der Waals surface area (Å²) in [6.45, 7) is 3.06. The Bertz CT molecular complexity index is 1210. The fourth-order valence-corrected chi connectivity index (χ4v) is 5.69. The summed E-state index contributed by atoms with van der Waals surface area (Å²) in [5.74, 6) is 0.593. The molecule has 0 unspecified atom stereocenters. The zero-order valence-corrected chi connectivity index (χ0v) is 20.6. The summed E-state index contributed by atoms with van der Waals surface area (Å²) in [5, 5.41) is 2.49. The molecule has 2 aliphatic rings. The molecule has 7 heteroatoms. The second kappa shape index (κ2) is 9.80. The molecular weight excluding hydrogens is 468 g/mol. The average Bonchev–Trinajstić information content (AvgIpc) is 3.57. The molecule has 2 heterocycles. The van der Waals surface area contributed by atoms with E-state index in [1.54, 1.807) is 40.5 Å². The van der Waals surface area contributed by atoms with Gasteiger partial charge in [-0.05, 0) is 67.0 Å². The lowest BCUT2D eigenvalue weighted by molar-refractivity contribution is -0.135. The molecule has 0 bridgehead atoms. The second-order valence-electron chi connectivity index (χ2n) is 8.87. The lowest BCUT2D eigenvalue weighted by Crippen LogP contribution is -2.48. The van der Waals surface area contributed by atoms with Gasteiger partial charge < -0.3 is 14.5 Å². The Labute approximate surface area is 208 Å². The van der Waals surface area contributed by atoms with Crippen molar-refractivity contribution in [2.45, 2.75) is 38.3 Å². The molecule has 1 aliphatic carbocycles. The van der Waals surface area contributed by atoms with Gasteiger partial charge in [0.25, 0.3) is 5.91 Å². The number of hydrogen-bond donors (Lipinski definition) is 0. The summed E-state index contributed by atoms with van der Waals surface area (Å²) in [7, 11) is 0. The van der Waals surface area contributed by atoms with Gasteiger partial charge in [0, 0.05) is 17.5 Å². The van der Waals surface area contributed by atoms with Crippen LogP contribution in [0.3, 0.4) is 0 Å². The monoisotopic (exact) mass is 494 g/mol. The van der Waals surface area contributed by atoms with E-state index in [2.05, 4.69) is 11.4 Å². The minimum Gasteiger partial charge on any atom is -0.491 e. The van der Waals surface area contributed by atoms with Crippen LogP contribution in [0, 0.1) is 6.92 Å². The van der Waals surface area contributed by atoms with Crippen LogP contribution >= 0.6 is 22.9 Å². The number of para-hydroxylation sites is 1. The SMILES string of the molecule is Cc1ccccc1OC[C@@H]1c2ccsc2CCN1C(=O)CN(C(=O)c1ccccc1Cl)C1CC1. The van der Waals surface area contributed by atoms with Gasteiger partial charge in [0.2, 0.25) is 5.91 Å². The molecule has 34 heavy (non-hydrogen) atoms. The summed E-state index contributed by atoms with van der Waals surface area (Å²) in [6.07, 6.45) is 2.65. The van der Waals surface area contributed by atoms with Crippen molar-refractivity contribution in [2.24, 2.45) is 0 Å². The molecule has 0 spiro atoms. The standard InChI is InChI=1S/C27H27ClN2O3S/c1-18-6-2-5-9-24(18)33-17-23-21-13-15-34-25(21)12-14-29(23)26(31)16-30(19-10-11-19)27(32)20-7-3-4-8-22(20)28/h2-9,13,15,19,23H,10-12,14,16-17H2,1H3/t23-/m1/s1. The molecule has 5 nitrogen and oxygen atoms in total. The Kier molecular flexibility index (Phi) is 6.61. The third-order valence-corrected chi connectivity index (χ3v) is 7.89. The Balaban J connectivity index is 1.36. The van der Waals surface area contributed by atoms with Crippen molar-refractivity contribution >= 4 is 34.8 Å². The number of aryl methyl sites for hydroxylation is 1. The maximum atomic E-state index is 13.6. The first-order valence-corrected chi connectivity index (χ1v) is 12.9. The fraction of sp³-hybridized carbons (Fsp3) is 0.333. The van der Waals surface area contributed by atoms with Gasteiger partial charge in [-0.3, -0.25) is 9.59 Å². The van der Waals surface area contributed by atoms with E-state index in [-0.39, 0.29) is 30.4 Å². The maximum absolute atomic E-state index is 13.6. The lowest BCUT2D eigenvalue weighted by Gasteiger charge is -2.37. The number of thiophene rings is 1. The number of benzene rings is 2. The fourth-order valence-electron chi connectivity index (χ4n) is 4.54. The maximum Gasteiger partial charge on any atom is 0.256 e. The Morgan fingerprint density at radius 3 is 2.65 bits per heavy atom. The van der Waals surface area contributed by atoms with E-state index < -0.39 is 0 Å². The zero-order chi connectivity index (χ0) is 23.7. The van der Waals surface area contributed by atoms with Crippen molar-refractivity contribution in [3.05, 3.63) is 86.6 Å². The van der Waals surface area contributed by atoms with Crippen molar-refractivity contribution < 1.29 is 14.3 Å². The zero-order valence-electron chi connectivity index (χ0n) is 19.1. The van der Waals surface area contributed by atoms with Crippen molar-refractivity contribution in [3.8, 4) is 5.75 Å². The van der Waals surface area contributed by atoms with E-state index in [1.165, 1.54) is 4.88 Å². The van der Waals surface area contributed by atoms with Gasteiger partial charge in [-0.25, -0.2) is 0 Å². The lowest BCUT2D eigenvalue weighted by atomic mass is 10.00. The largest absolute Gasteiger partial charge is 0.491 e. The van der Waals surface area contributed by atoms with Gasteiger partial charge in [-0.15, -0.1) is 11.3 Å². The van der Waals surface area contributed by atoms with Gasteiger partial charge in [-0.2, -0.15) is 0 Å². The highest BCUT2D eigenvalue weighted by atomic mass is 35.5. The summed E-state index contributed by atoms with van der Waals surface area (Å²) in [5.41, 5.74) is 2.66. The number of nitrogens with zero attached hydrogens (tertiary/aromatic N) is 2. The Hall–Kier alpha value is -2.83. The van der Waals surface area contributed by atoms with E-state index >= 15 is 0 Å². The van der Waals surface area contributed by atoms with Crippen LogP contribution in [0.4, 0.5) is 0 Å². The number of ether oxygens (including phenoxy) is 1. The van der Waals surface area contributed by atoms with Crippen LogP contribution in [-0.2, 0) is 11.2 Å². The predicted octanol–water partition coefficient (Wildman–Crippen LogP) is 5.52. The molecule has 5 rings (SSSR count). The van der Waals surface area contributed by atoms with Gasteiger partial charge >= 0.3 is 0 Å². The number of fused-ring (bicyclic) bond motifs is 1. The minimum absolute atomic E-state index is 0.0507. The minimum atomic E-state index is -0.182. The van der Waals surface area contributed by atoms with Crippen LogP contribution in [0.5, 0.6) is 5.75 Å². The van der Waals surface area contributed by atoms with Gasteiger partial charge in [0.05, 0.1) is 16.6 Å². The molecule has 2 amide bonds. The van der Waals surface area contributed by atoms with Crippen LogP contribution < -0.4 is 4.74 Å². The summed E-state index contributed by atoms with van der Waals surface area (Å²) in [4.78, 5) is 31.8. The molecule has 2 aromatic carbocycles. The molecule has 1 fully saturated rings. The Morgan fingerprint density at radius 2 is 1.88 bits per heavy atom. The quantitative estimate of drug-likeness (QED) is 0.434. The van der Waals surface area contributed by atoms with Crippen LogP contribution in [0.1, 0.15) is 45.2 Å². The van der Waals surface area contributed by atoms with Crippen LogP contribution in [-0.4, -0.2) is 47.4 Å². The molecule has 176 valence electrons. The van der Waals surface area contributed by atoms with Crippen LogP contribution in [0.15, 0.2) is 60.0 Å². The third-order valence-electron chi connectivity index (χ3n) is 6.56. The number of amides is 2. The second-order valence-corrected chi connectivity index (χ2v) is 10.3. The average molecular weight is 495 g/mol. The highest BCUT2D eigenvalue weighted by Gasteiger charge is 2.38. The number of hydrogen-bond acceptors (Lipinski definition) is 4. The normalized spacial score (nSPS) is 17.2. The first-order valence-electron chi connectivity index (χ1n) is 11.6. The van der Waals surface area contributed by atoms with E-state index in [1.807, 2.05) is 36.1 Å². The highest BCUT2D eigenvalue weighted by molar-refractivity contribution is 7.10. The summed E-state index contributed by atoms with van der Waals surface area (Å²) >= 11 is 8.02. The number of carbonyl (C=O) groups excluding carboxylic acids is 2. The summed E-state index contributed by atoms with van der Waals surface area (Å²) in [6, 6.07) is 17.0. The van der Waals surface area contributed by atoms with Crippen LogP contribution in [0.25, 0.3) is 0 Å². The molecule has 0 radical (unpaired) electrons. The van der Waals surface area contributed by atoms with Crippen molar-refractivity contribution in [1.29, 1.82) is 0 Å². The topological polar surface area (TPSA) is 49.9 Å². The molecule has 3 aromatic rings. The first-order chi connectivity index (χ1) is 16.5. The molecule has 0 N–H and O–H groups in total. The third kappa shape index (κ3) is 4.70. The molecule has 1 aromatic heterocycles. The van der Waals surface area contributed by atoms with E-state index in [0.717, 1.165) is 36.1 Å².